The predicted octanol–water partition coefficient (Wildman–Crippen LogP) is 5.16. The van der Waals surface area contributed by atoms with E-state index in [-0.39, 0.29) is 5.69 Å². The molecule has 4 aromatic rings. The summed E-state index contributed by atoms with van der Waals surface area (Å²) in [6.45, 7) is 0. The average molecular weight is 365 g/mol. The zero-order valence-electron chi connectivity index (χ0n) is 15.2. The fourth-order valence-electron chi connectivity index (χ4n) is 3.81. The summed E-state index contributed by atoms with van der Waals surface area (Å²) in [5.74, 6) is -1.03. The second kappa shape index (κ2) is 7.49. The Morgan fingerprint density at radius 2 is 1.04 bits per heavy atom. The van der Waals surface area contributed by atoms with Crippen LogP contribution in [0.1, 0.15) is 32.7 Å². The van der Waals surface area contributed by atoms with E-state index in [2.05, 4.69) is 41.4 Å². The minimum atomic E-state index is -1.03. The molecule has 0 fully saturated rings. The van der Waals surface area contributed by atoms with Crippen LogP contribution in [0.25, 0.3) is 0 Å². The van der Waals surface area contributed by atoms with Gasteiger partial charge >= 0.3 is 5.97 Å². The first kappa shape index (κ1) is 17.7. The molecule has 4 rings (SSSR count). The highest BCUT2D eigenvalue weighted by Gasteiger charge is 2.38. The zero-order chi connectivity index (χ0) is 19.4. The molecule has 3 heteroatoms. The summed E-state index contributed by atoms with van der Waals surface area (Å²) in [6, 6.07) is 34.2. The standard InChI is InChI=1S/C25H19NO2/c27-24(28)23-17-16-22(18-26-23)25(19-10-4-1-5-11-19,20-12-6-2-7-13-20)21-14-8-3-9-15-21/h1-18H,(H,27,28). The van der Waals surface area contributed by atoms with E-state index in [9.17, 15) is 9.90 Å². The van der Waals surface area contributed by atoms with Crippen LogP contribution in [0.2, 0.25) is 0 Å². The van der Waals surface area contributed by atoms with Crippen molar-refractivity contribution in [2.45, 2.75) is 5.41 Å². The molecule has 0 atom stereocenters. The topological polar surface area (TPSA) is 50.2 Å². The maximum absolute atomic E-state index is 11.3. The molecule has 3 nitrogen and oxygen atoms in total. The van der Waals surface area contributed by atoms with Gasteiger partial charge in [-0.1, -0.05) is 97.1 Å². The van der Waals surface area contributed by atoms with Crippen LogP contribution < -0.4 is 0 Å². The lowest BCUT2D eigenvalue weighted by molar-refractivity contribution is 0.0690. The Balaban J connectivity index is 2.08. The highest BCUT2D eigenvalue weighted by Crippen LogP contribution is 2.44. The molecule has 0 aliphatic carbocycles. The summed E-state index contributed by atoms with van der Waals surface area (Å²) in [6.07, 6.45) is 1.68. The summed E-state index contributed by atoms with van der Waals surface area (Å²) >= 11 is 0. The van der Waals surface area contributed by atoms with Gasteiger partial charge in [0.2, 0.25) is 0 Å². The SMILES string of the molecule is O=C(O)c1ccc(C(c2ccccc2)(c2ccccc2)c2ccccc2)cn1. The summed E-state index contributed by atoms with van der Waals surface area (Å²) < 4.78 is 0. The lowest BCUT2D eigenvalue weighted by Gasteiger charge is -2.36. The van der Waals surface area contributed by atoms with Crippen molar-refractivity contribution in [1.82, 2.24) is 4.98 Å². The van der Waals surface area contributed by atoms with Crippen LogP contribution in [0, 0.1) is 0 Å². The summed E-state index contributed by atoms with van der Waals surface area (Å²) in [7, 11) is 0. The van der Waals surface area contributed by atoms with Crippen molar-refractivity contribution in [3.05, 3.63) is 137 Å². The number of pyridine rings is 1. The van der Waals surface area contributed by atoms with Gasteiger partial charge in [-0.25, -0.2) is 9.78 Å². The van der Waals surface area contributed by atoms with Crippen molar-refractivity contribution in [2.75, 3.05) is 0 Å². The van der Waals surface area contributed by atoms with E-state index in [0.717, 1.165) is 22.3 Å². The molecule has 28 heavy (non-hydrogen) atoms. The lowest BCUT2D eigenvalue weighted by Crippen LogP contribution is -2.31. The first-order valence-electron chi connectivity index (χ1n) is 9.09. The fourth-order valence-corrected chi connectivity index (χ4v) is 3.81. The molecule has 0 unspecified atom stereocenters. The fraction of sp³-hybridized carbons (Fsp3) is 0.0400. The van der Waals surface area contributed by atoms with Gasteiger partial charge in [-0.2, -0.15) is 0 Å². The van der Waals surface area contributed by atoms with E-state index in [4.69, 9.17) is 0 Å². The monoisotopic (exact) mass is 365 g/mol. The molecule has 3 aromatic carbocycles. The van der Waals surface area contributed by atoms with Crippen LogP contribution in [0.5, 0.6) is 0 Å². The van der Waals surface area contributed by atoms with E-state index < -0.39 is 11.4 Å². The molecule has 0 radical (unpaired) electrons. The molecule has 1 heterocycles. The maximum atomic E-state index is 11.3. The minimum absolute atomic E-state index is 0.0341. The predicted molar refractivity (Wildman–Crippen MR) is 110 cm³/mol. The second-order valence-corrected chi connectivity index (χ2v) is 6.59. The highest BCUT2D eigenvalue weighted by atomic mass is 16.4. The smallest absolute Gasteiger partial charge is 0.354 e. The van der Waals surface area contributed by atoms with Crippen LogP contribution in [-0.2, 0) is 5.41 Å². The molecule has 0 spiro atoms. The first-order chi connectivity index (χ1) is 13.7. The average Bonchev–Trinajstić information content (AvgIpc) is 2.77. The van der Waals surface area contributed by atoms with Crippen molar-refractivity contribution in [2.24, 2.45) is 0 Å². The number of hydrogen-bond donors (Lipinski definition) is 1. The van der Waals surface area contributed by atoms with Gasteiger partial charge in [0, 0.05) is 6.20 Å². The Morgan fingerprint density at radius 1 is 0.607 bits per heavy atom. The Bertz CT molecular complexity index is 963. The molecule has 0 aliphatic heterocycles. The lowest BCUT2D eigenvalue weighted by atomic mass is 9.65. The number of benzene rings is 3. The van der Waals surface area contributed by atoms with Gasteiger partial charge in [0.05, 0.1) is 5.41 Å². The number of carboxylic acids is 1. The van der Waals surface area contributed by atoms with Crippen molar-refractivity contribution in [3.63, 3.8) is 0 Å². The number of carboxylic acid groups (broad SMARTS) is 1. The zero-order valence-corrected chi connectivity index (χ0v) is 15.2. The van der Waals surface area contributed by atoms with E-state index in [1.54, 1.807) is 12.3 Å². The molecule has 1 N–H and O–H groups in total. The third-order valence-corrected chi connectivity index (χ3v) is 5.04. The third kappa shape index (κ3) is 2.97. The largest absolute Gasteiger partial charge is 0.477 e. The number of carbonyl (C=O) groups is 1. The Hall–Kier alpha value is -3.72. The van der Waals surface area contributed by atoms with Gasteiger partial charge in [0.25, 0.3) is 0 Å². The van der Waals surface area contributed by atoms with Crippen molar-refractivity contribution in [3.8, 4) is 0 Å². The van der Waals surface area contributed by atoms with Crippen LogP contribution in [0.15, 0.2) is 109 Å². The van der Waals surface area contributed by atoms with E-state index in [0.29, 0.717) is 0 Å². The van der Waals surface area contributed by atoms with Gasteiger partial charge in [0.1, 0.15) is 5.69 Å². The summed E-state index contributed by atoms with van der Waals surface area (Å²) in [5.41, 5.74) is 3.63. The van der Waals surface area contributed by atoms with Crippen molar-refractivity contribution >= 4 is 5.97 Å². The van der Waals surface area contributed by atoms with Gasteiger partial charge in [-0.05, 0) is 28.3 Å². The molecule has 1 aromatic heterocycles. The molecular weight excluding hydrogens is 346 g/mol. The Morgan fingerprint density at radius 3 is 1.36 bits per heavy atom. The number of aromatic carboxylic acids is 1. The molecule has 136 valence electrons. The Kier molecular flexibility index (Phi) is 4.73. The number of nitrogens with zero attached hydrogens (tertiary/aromatic N) is 1. The minimum Gasteiger partial charge on any atom is -0.477 e. The molecule has 0 saturated heterocycles. The van der Waals surface area contributed by atoms with Gasteiger partial charge in [-0.15, -0.1) is 0 Å². The van der Waals surface area contributed by atoms with E-state index in [1.165, 1.54) is 0 Å². The van der Waals surface area contributed by atoms with Gasteiger partial charge < -0.3 is 5.11 Å². The van der Waals surface area contributed by atoms with Crippen molar-refractivity contribution < 1.29 is 9.90 Å². The Labute approximate surface area is 164 Å². The van der Waals surface area contributed by atoms with Crippen LogP contribution in [-0.4, -0.2) is 16.1 Å². The van der Waals surface area contributed by atoms with Gasteiger partial charge in [0.15, 0.2) is 0 Å². The van der Waals surface area contributed by atoms with E-state index >= 15 is 0 Å². The second-order valence-electron chi connectivity index (χ2n) is 6.59. The van der Waals surface area contributed by atoms with Gasteiger partial charge in [-0.3, -0.25) is 0 Å². The van der Waals surface area contributed by atoms with Crippen molar-refractivity contribution in [1.29, 1.82) is 0 Å². The van der Waals surface area contributed by atoms with Crippen LogP contribution >= 0.6 is 0 Å². The van der Waals surface area contributed by atoms with E-state index in [1.807, 2.05) is 60.7 Å². The normalized spacial score (nSPS) is 11.1. The first-order valence-corrected chi connectivity index (χ1v) is 9.09. The molecular formula is C25H19NO2. The number of aromatic nitrogens is 1. The third-order valence-electron chi connectivity index (χ3n) is 5.04. The maximum Gasteiger partial charge on any atom is 0.354 e. The molecule has 0 aliphatic rings. The number of hydrogen-bond acceptors (Lipinski definition) is 2. The highest BCUT2D eigenvalue weighted by molar-refractivity contribution is 5.85. The quantitative estimate of drug-likeness (QED) is 0.497. The number of rotatable bonds is 5. The van der Waals surface area contributed by atoms with Crippen LogP contribution in [0.3, 0.4) is 0 Å². The molecule has 0 bridgehead atoms. The molecule has 0 saturated carbocycles. The summed E-state index contributed by atoms with van der Waals surface area (Å²) in [4.78, 5) is 15.5. The van der Waals surface area contributed by atoms with Crippen LogP contribution in [0.4, 0.5) is 0 Å². The molecule has 0 amide bonds. The summed E-state index contributed by atoms with van der Waals surface area (Å²) in [5, 5.41) is 9.27.